The van der Waals surface area contributed by atoms with Gasteiger partial charge in [-0.1, -0.05) is 11.6 Å². The summed E-state index contributed by atoms with van der Waals surface area (Å²) in [6.07, 6.45) is 9.83. The number of benzene rings is 2. The van der Waals surface area contributed by atoms with Crippen LogP contribution in [0.4, 0.5) is 10.3 Å². The van der Waals surface area contributed by atoms with Gasteiger partial charge in [0.05, 0.1) is 10.5 Å². The van der Waals surface area contributed by atoms with E-state index in [1.54, 1.807) is 30.7 Å². The summed E-state index contributed by atoms with van der Waals surface area (Å²) in [6.45, 7) is 2.56. The summed E-state index contributed by atoms with van der Waals surface area (Å²) in [6, 6.07) is 10.6. The molecule has 0 unspecified atom stereocenters. The highest BCUT2D eigenvalue weighted by Gasteiger charge is 2.20. The number of hydrogen-bond donors (Lipinski definition) is 2. The van der Waals surface area contributed by atoms with Gasteiger partial charge in [-0.3, -0.25) is 4.90 Å². The minimum absolute atomic E-state index is 0.259. The van der Waals surface area contributed by atoms with Gasteiger partial charge in [-0.2, -0.15) is 0 Å². The Morgan fingerprint density at radius 2 is 2.03 bits per heavy atom. The smallest absolute Gasteiger partial charge is 0.226 e. The van der Waals surface area contributed by atoms with Crippen LogP contribution < -0.4 is 10.1 Å². The molecule has 34 heavy (non-hydrogen) atoms. The molecule has 1 aliphatic rings. The van der Waals surface area contributed by atoms with E-state index in [-0.39, 0.29) is 5.82 Å². The molecule has 0 spiro atoms. The molecule has 2 N–H and O–H groups in total. The summed E-state index contributed by atoms with van der Waals surface area (Å²) in [5.41, 5.74) is 3.77. The van der Waals surface area contributed by atoms with E-state index in [2.05, 4.69) is 26.3 Å². The van der Waals surface area contributed by atoms with Crippen LogP contribution in [0.5, 0.6) is 5.75 Å². The minimum Gasteiger partial charge on any atom is -0.490 e. The summed E-state index contributed by atoms with van der Waals surface area (Å²) < 4.78 is 21.6. The molecule has 5 rings (SSSR count). The predicted octanol–water partition coefficient (Wildman–Crippen LogP) is 5.18. The number of ether oxygens (including phenoxy) is 1. The standard InChI is InChI=1S/C25H22ClFN6O/c26-22-12-21(33-7-4-18-10-20(27)2-3-23(18)33)11-19-16-32(8-9-34-24(19)22)15-17-13-30-25(31-14-17)29-6-1-5-28/h1-7,10-14,28H,8-9,15-16H2,(H,29,30,31)/b6-1-,28-5?. The molecule has 0 saturated carbocycles. The number of halogens is 2. The van der Waals surface area contributed by atoms with Crippen molar-refractivity contribution in [3.8, 4) is 11.4 Å². The molecule has 7 nitrogen and oxygen atoms in total. The molecule has 9 heteroatoms. The van der Waals surface area contributed by atoms with Crippen LogP contribution in [0.1, 0.15) is 11.1 Å². The van der Waals surface area contributed by atoms with Crippen molar-refractivity contribution in [3.63, 3.8) is 0 Å². The van der Waals surface area contributed by atoms with Crippen molar-refractivity contribution in [1.82, 2.24) is 19.4 Å². The number of hydrogen-bond acceptors (Lipinski definition) is 6. The second kappa shape index (κ2) is 9.62. The van der Waals surface area contributed by atoms with Gasteiger partial charge in [0.2, 0.25) is 5.95 Å². The van der Waals surface area contributed by atoms with E-state index >= 15 is 0 Å². The lowest BCUT2D eigenvalue weighted by molar-refractivity contribution is 0.219. The zero-order valence-electron chi connectivity index (χ0n) is 18.2. The van der Waals surface area contributed by atoms with E-state index in [0.717, 1.165) is 34.3 Å². The average molecular weight is 477 g/mol. The lowest BCUT2D eigenvalue weighted by Gasteiger charge is -2.19. The Labute approximate surface area is 201 Å². The summed E-state index contributed by atoms with van der Waals surface area (Å²) in [5, 5.41) is 11.3. The molecule has 0 atom stereocenters. The van der Waals surface area contributed by atoms with Crippen molar-refractivity contribution in [2.24, 2.45) is 0 Å². The fraction of sp³-hybridized carbons (Fsp3) is 0.160. The number of nitrogens with one attached hydrogen (secondary N) is 2. The number of rotatable bonds is 6. The molecule has 2 aromatic carbocycles. The minimum atomic E-state index is -0.259. The van der Waals surface area contributed by atoms with Crippen molar-refractivity contribution < 1.29 is 9.13 Å². The second-order valence-corrected chi connectivity index (χ2v) is 8.36. The van der Waals surface area contributed by atoms with Crippen LogP contribution in [0, 0.1) is 11.2 Å². The Bertz CT molecular complexity index is 1370. The van der Waals surface area contributed by atoms with E-state index in [9.17, 15) is 4.39 Å². The average Bonchev–Trinajstić information content (AvgIpc) is 3.13. The largest absolute Gasteiger partial charge is 0.490 e. The van der Waals surface area contributed by atoms with E-state index in [0.29, 0.717) is 36.4 Å². The zero-order valence-corrected chi connectivity index (χ0v) is 19.0. The van der Waals surface area contributed by atoms with Crippen LogP contribution in [0.2, 0.25) is 5.02 Å². The number of allylic oxidation sites excluding steroid dienone is 1. The van der Waals surface area contributed by atoms with Crippen LogP contribution >= 0.6 is 11.6 Å². The zero-order chi connectivity index (χ0) is 23.5. The molecule has 0 radical (unpaired) electrons. The van der Waals surface area contributed by atoms with Gasteiger partial charge in [-0.05, 0) is 42.5 Å². The van der Waals surface area contributed by atoms with Crippen LogP contribution in [0.3, 0.4) is 0 Å². The van der Waals surface area contributed by atoms with Gasteiger partial charge in [0.25, 0.3) is 0 Å². The van der Waals surface area contributed by atoms with Gasteiger partial charge in [0.15, 0.2) is 0 Å². The monoisotopic (exact) mass is 476 g/mol. The Kier molecular flexibility index (Phi) is 6.24. The summed E-state index contributed by atoms with van der Waals surface area (Å²) >= 11 is 6.63. The first kappa shape index (κ1) is 22.1. The van der Waals surface area contributed by atoms with Gasteiger partial charge in [-0.25, -0.2) is 14.4 Å². The van der Waals surface area contributed by atoms with E-state index in [4.69, 9.17) is 21.7 Å². The van der Waals surface area contributed by atoms with Gasteiger partial charge in [0, 0.05) is 72.8 Å². The molecule has 0 amide bonds. The molecule has 4 aromatic rings. The number of anilines is 1. The van der Waals surface area contributed by atoms with Crippen LogP contribution in [0.15, 0.2) is 67.3 Å². The van der Waals surface area contributed by atoms with E-state index in [1.165, 1.54) is 18.3 Å². The molecule has 1 aliphatic heterocycles. The van der Waals surface area contributed by atoms with Crippen molar-refractivity contribution in [3.05, 3.63) is 89.2 Å². The first-order valence-corrected chi connectivity index (χ1v) is 11.2. The quantitative estimate of drug-likeness (QED) is 0.375. The second-order valence-electron chi connectivity index (χ2n) is 7.95. The van der Waals surface area contributed by atoms with Crippen molar-refractivity contribution >= 4 is 34.7 Å². The molecule has 0 fully saturated rings. The normalized spacial score (nSPS) is 14.1. The third-order valence-corrected chi connectivity index (χ3v) is 5.88. The maximum Gasteiger partial charge on any atom is 0.226 e. The Balaban J connectivity index is 1.38. The first-order chi connectivity index (χ1) is 16.6. The SMILES string of the molecule is N=C/C=C\Nc1ncc(CN2CCOc3c(Cl)cc(-n4ccc5cc(F)ccc54)cc3C2)cn1. The lowest BCUT2D eigenvalue weighted by atomic mass is 10.1. The predicted molar refractivity (Wildman–Crippen MR) is 131 cm³/mol. The topological polar surface area (TPSA) is 79.1 Å². The third-order valence-electron chi connectivity index (χ3n) is 5.60. The molecule has 3 heterocycles. The van der Waals surface area contributed by atoms with Gasteiger partial charge in [0.1, 0.15) is 18.2 Å². The van der Waals surface area contributed by atoms with Crippen LogP contribution in [-0.4, -0.2) is 38.8 Å². The van der Waals surface area contributed by atoms with Gasteiger partial charge >= 0.3 is 0 Å². The maximum absolute atomic E-state index is 13.6. The third kappa shape index (κ3) is 4.64. The van der Waals surface area contributed by atoms with Crippen molar-refractivity contribution in [2.75, 3.05) is 18.5 Å². The van der Waals surface area contributed by atoms with E-state index in [1.807, 2.05) is 22.9 Å². The van der Waals surface area contributed by atoms with Crippen LogP contribution in [-0.2, 0) is 13.1 Å². The fourth-order valence-corrected chi connectivity index (χ4v) is 4.35. The summed E-state index contributed by atoms with van der Waals surface area (Å²) in [5.74, 6) is 0.913. The van der Waals surface area contributed by atoms with Crippen LogP contribution in [0.25, 0.3) is 16.6 Å². The Morgan fingerprint density at radius 1 is 1.18 bits per heavy atom. The van der Waals surface area contributed by atoms with E-state index < -0.39 is 0 Å². The van der Waals surface area contributed by atoms with Crippen molar-refractivity contribution in [1.29, 1.82) is 5.41 Å². The molecule has 0 saturated heterocycles. The molecule has 0 aliphatic carbocycles. The molecular formula is C25H22ClFN6O. The Hall–Kier alpha value is -3.75. The highest BCUT2D eigenvalue weighted by Crippen LogP contribution is 2.35. The number of nitrogens with zero attached hydrogens (tertiary/aromatic N) is 4. The van der Waals surface area contributed by atoms with Gasteiger partial charge in [-0.15, -0.1) is 0 Å². The molecule has 172 valence electrons. The first-order valence-electron chi connectivity index (χ1n) is 10.8. The maximum atomic E-state index is 13.6. The highest BCUT2D eigenvalue weighted by atomic mass is 35.5. The molecule has 2 aromatic heterocycles. The Morgan fingerprint density at radius 3 is 2.85 bits per heavy atom. The molecular weight excluding hydrogens is 455 g/mol. The van der Waals surface area contributed by atoms with Gasteiger partial charge < -0.3 is 20.0 Å². The molecule has 0 bridgehead atoms. The fourth-order valence-electron chi connectivity index (χ4n) is 4.06. The number of fused-ring (bicyclic) bond motifs is 2. The van der Waals surface area contributed by atoms with Crippen molar-refractivity contribution in [2.45, 2.75) is 13.1 Å². The summed E-state index contributed by atoms with van der Waals surface area (Å²) in [4.78, 5) is 10.9. The number of aromatic nitrogens is 3. The highest BCUT2D eigenvalue weighted by molar-refractivity contribution is 6.32. The summed E-state index contributed by atoms with van der Waals surface area (Å²) in [7, 11) is 0. The lowest BCUT2D eigenvalue weighted by Crippen LogP contribution is -2.25.